The summed E-state index contributed by atoms with van der Waals surface area (Å²) >= 11 is 6.05. The quantitative estimate of drug-likeness (QED) is 0.819. The lowest BCUT2D eigenvalue weighted by molar-refractivity contribution is 0.780. The Labute approximate surface area is 87.5 Å². The molecule has 0 unspecified atom stereocenters. The Kier molecular flexibility index (Phi) is 2.44. The van der Waals surface area contributed by atoms with Crippen LogP contribution in [0.25, 0.3) is 10.9 Å². The van der Waals surface area contributed by atoms with Crippen LogP contribution in [0.2, 0.25) is 5.15 Å². The van der Waals surface area contributed by atoms with Crippen molar-refractivity contribution in [3.05, 3.63) is 28.9 Å². The number of rotatable bonds is 2. The van der Waals surface area contributed by atoms with Gasteiger partial charge in [-0.1, -0.05) is 17.7 Å². The van der Waals surface area contributed by atoms with Crippen LogP contribution >= 0.6 is 11.6 Å². The maximum Gasteiger partial charge on any atom is 0.134 e. The Balaban J connectivity index is 2.56. The molecule has 1 heterocycles. The molecule has 0 aliphatic carbocycles. The van der Waals surface area contributed by atoms with Gasteiger partial charge in [-0.15, -0.1) is 0 Å². The lowest BCUT2D eigenvalue weighted by Crippen LogP contribution is -2.02. The molecule has 0 atom stereocenters. The number of halogens is 1. The molecule has 74 valence electrons. The van der Waals surface area contributed by atoms with Gasteiger partial charge in [-0.2, -0.15) is 5.10 Å². The molecule has 0 fully saturated rings. The summed E-state index contributed by atoms with van der Waals surface area (Å²) in [6, 6.07) is 6.08. The Morgan fingerprint density at radius 2 is 2.29 bits per heavy atom. The highest BCUT2D eigenvalue weighted by Crippen LogP contribution is 2.23. The van der Waals surface area contributed by atoms with E-state index in [1.165, 1.54) is 5.56 Å². The number of nitrogens with zero attached hydrogens (tertiary/aromatic N) is 2. The summed E-state index contributed by atoms with van der Waals surface area (Å²) in [7, 11) is 1.84. The van der Waals surface area contributed by atoms with E-state index < -0.39 is 0 Å². The lowest BCUT2D eigenvalue weighted by Gasteiger charge is -1.96. The Hall–Kier alpha value is -1.06. The summed E-state index contributed by atoms with van der Waals surface area (Å²) in [5.41, 5.74) is 7.63. The van der Waals surface area contributed by atoms with Gasteiger partial charge in [0.1, 0.15) is 5.15 Å². The van der Waals surface area contributed by atoms with Gasteiger partial charge in [0.05, 0.1) is 5.52 Å². The normalized spacial score (nSPS) is 11.1. The second-order valence-corrected chi connectivity index (χ2v) is 3.66. The molecule has 0 saturated carbocycles. The lowest BCUT2D eigenvalue weighted by atomic mass is 10.1. The highest BCUT2D eigenvalue weighted by molar-refractivity contribution is 6.34. The highest BCUT2D eigenvalue weighted by Gasteiger charge is 2.06. The number of nitrogens with two attached hydrogens (primary N) is 1. The molecule has 0 aliphatic heterocycles. The van der Waals surface area contributed by atoms with Crippen LogP contribution in [-0.2, 0) is 13.5 Å². The van der Waals surface area contributed by atoms with Crippen LogP contribution in [0, 0.1) is 0 Å². The average Bonchev–Trinajstić information content (AvgIpc) is 2.43. The van der Waals surface area contributed by atoms with Gasteiger partial charge in [-0.3, -0.25) is 4.68 Å². The minimum Gasteiger partial charge on any atom is -0.330 e. The van der Waals surface area contributed by atoms with E-state index >= 15 is 0 Å². The zero-order valence-electron chi connectivity index (χ0n) is 8.00. The molecule has 2 rings (SSSR count). The number of hydrogen-bond acceptors (Lipinski definition) is 2. The second-order valence-electron chi connectivity index (χ2n) is 3.30. The maximum atomic E-state index is 6.05. The van der Waals surface area contributed by atoms with E-state index in [1.54, 1.807) is 4.68 Å². The van der Waals surface area contributed by atoms with Gasteiger partial charge >= 0.3 is 0 Å². The van der Waals surface area contributed by atoms with E-state index in [9.17, 15) is 0 Å². The van der Waals surface area contributed by atoms with E-state index in [0.717, 1.165) is 17.3 Å². The molecule has 0 saturated heterocycles. The van der Waals surface area contributed by atoms with Crippen molar-refractivity contribution in [2.24, 2.45) is 12.8 Å². The molecule has 2 N–H and O–H groups in total. The van der Waals surface area contributed by atoms with Gasteiger partial charge in [-0.25, -0.2) is 0 Å². The Morgan fingerprint density at radius 1 is 1.50 bits per heavy atom. The van der Waals surface area contributed by atoms with Crippen LogP contribution in [0.15, 0.2) is 18.2 Å². The van der Waals surface area contributed by atoms with Crippen LogP contribution in [0.5, 0.6) is 0 Å². The zero-order valence-corrected chi connectivity index (χ0v) is 8.75. The summed E-state index contributed by atoms with van der Waals surface area (Å²) < 4.78 is 1.68. The SMILES string of the molecule is Cn1nc2cc(CCN)ccc2c1Cl. The van der Waals surface area contributed by atoms with Gasteiger partial charge in [0.15, 0.2) is 0 Å². The van der Waals surface area contributed by atoms with Crippen LogP contribution in [0.3, 0.4) is 0 Å². The van der Waals surface area contributed by atoms with Crippen molar-refractivity contribution in [3.8, 4) is 0 Å². The van der Waals surface area contributed by atoms with Crippen molar-refractivity contribution in [2.75, 3.05) is 6.54 Å². The van der Waals surface area contributed by atoms with E-state index in [1.807, 2.05) is 25.2 Å². The van der Waals surface area contributed by atoms with Crippen LogP contribution in [0.4, 0.5) is 0 Å². The predicted molar refractivity (Wildman–Crippen MR) is 58.5 cm³/mol. The van der Waals surface area contributed by atoms with Crippen molar-refractivity contribution in [2.45, 2.75) is 6.42 Å². The molecule has 0 amide bonds. The fraction of sp³-hybridized carbons (Fsp3) is 0.300. The molecule has 14 heavy (non-hydrogen) atoms. The monoisotopic (exact) mass is 209 g/mol. The summed E-state index contributed by atoms with van der Waals surface area (Å²) in [6.07, 6.45) is 0.879. The predicted octanol–water partition coefficient (Wildman–Crippen LogP) is 1.73. The molecule has 0 aliphatic rings. The molecule has 3 nitrogen and oxygen atoms in total. The van der Waals surface area contributed by atoms with E-state index in [0.29, 0.717) is 11.7 Å². The first kappa shape index (κ1) is 9.49. The molecule has 0 bridgehead atoms. The number of benzene rings is 1. The third kappa shape index (κ3) is 1.49. The first-order chi connectivity index (χ1) is 6.72. The number of aromatic nitrogens is 2. The van der Waals surface area contributed by atoms with Crippen molar-refractivity contribution in [1.82, 2.24) is 9.78 Å². The largest absolute Gasteiger partial charge is 0.330 e. The van der Waals surface area contributed by atoms with Gasteiger partial charge in [0, 0.05) is 12.4 Å². The summed E-state index contributed by atoms with van der Waals surface area (Å²) in [5, 5.41) is 5.97. The maximum absolute atomic E-state index is 6.05. The first-order valence-electron chi connectivity index (χ1n) is 4.53. The van der Waals surface area contributed by atoms with Gasteiger partial charge in [0.25, 0.3) is 0 Å². The smallest absolute Gasteiger partial charge is 0.134 e. The number of hydrogen-bond donors (Lipinski definition) is 1. The number of aryl methyl sites for hydroxylation is 1. The third-order valence-corrected chi connectivity index (χ3v) is 2.71. The van der Waals surface area contributed by atoms with Crippen molar-refractivity contribution >= 4 is 22.5 Å². The van der Waals surface area contributed by atoms with Gasteiger partial charge in [0.2, 0.25) is 0 Å². The fourth-order valence-corrected chi connectivity index (χ4v) is 1.73. The van der Waals surface area contributed by atoms with Crippen LogP contribution < -0.4 is 5.73 Å². The minimum absolute atomic E-state index is 0.659. The number of fused-ring (bicyclic) bond motifs is 1. The highest BCUT2D eigenvalue weighted by atomic mass is 35.5. The second kappa shape index (κ2) is 3.59. The summed E-state index contributed by atoms with van der Waals surface area (Å²) in [5.74, 6) is 0. The Bertz CT molecular complexity index is 462. The zero-order chi connectivity index (χ0) is 10.1. The Morgan fingerprint density at radius 3 is 3.00 bits per heavy atom. The summed E-state index contributed by atoms with van der Waals surface area (Å²) in [4.78, 5) is 0. The average molecular weight is 210 g/mol. The molecule has 2 aromatic rings. The van der Waals surface area contributed by atoms with Crippen LogP contribution in [0.1, 0.15) is 5.56 Å². The topological polar surface area (TPSA) is 43.8 Å². The molecule has 1 aromatic carbocycles. The van der Waals surface area contributed by atoms with Crippen molar-refractivity contribution < 1.29 is 0 Å². The van der Waals surface area contributed by atoms with E-state index in [2.05, 4.69) is 5.10 Å². The van der Waals surface area contributed by atoms with E-state index in [4.69, 9.17) is 17.3 Å². The minimum atomic E-state index is 0.659. The van der Waals surface area contributed by atoms with Gasteiger partial charge in [-0.05, 0) is 30.7 Å². The van der Waals surface area contributed by atoms with Crippen LogP contribution in [-0.4, -0.2) is 16.3 Å². The first-order valence-corrected chi connectivity index (χ1v) is 4.91. The van der Waals surface area contributed by atoms with Gasteiger partial charge < -0.3 is 5.73 Å². The van der Waals surface area contributed by atoms with Crippen molar-refractivity contribution in [3.63, 3.8) is 0 Å². The van der Waals surface area contributed by atoms with E-state index in [-0.39, 0.29) is 0 Å². The molecular formula is C10H12ClN3. The third-order valence-electron chi connectivity index (χ3n) is 2.26. The standard InChI is InChI=1S/C10H12ClN3/c1-14-10(11)8-3-2-7(4-5-12)6-9(8)13-14/h2-3,6H,4-5,12H2,1H3. The molecule has 4 heteroatoms. The molecular weight excluding hydrogens is 198 g/mol. The fourth-order valence-electron chi connectivity index (χ4n) is 1.54. The molecule has 1 aromatic heterocycles. The molecule has 0 radical (unpaired) electrons. The summed E-state index contributed by atoms with van der Waals surface area (Å²) in [6.45, 7) is 0.659. The van der Waals surface area contributed by atoms with Crippen molar-refractivity contribution in [1.29, 1.82) is 0 Å². The molecule has 0 spiro atoms.